The molecule has 2 N–H and O–H groups in total. The zero-order valence-corrected chi connectivity index (χ0v) is 12.5. The van der Waals surface area contributed by atoms with Crippen molar-refractivity contribution >= 4 is 11.7 Å². The Labute approximate surface area is 129 Å². The number of nitriles is 1. The summed E-state index contributed by atoms with van der Waals surface area (Å²) in [6, 6.07) is 16.0. The van der Waals surface area contributed by atoms with Gasteiger partial charge in [0, 0.05) is 12.7 Å². The van der Waals surface area contributed by atoms with Crippen LogP contribution < -0.4 is 15.4 Å². The number of hydrogen-bond acceptors (Lipinski definition) is 3. The van der Waals surface area contributed by atoms with Crippen LogP contribution in [0.4, 0.5) is 10.5 Å². The normalized spacial score (nSPS) is 11.3. The first-order valence-electron chi connectivity index (χ1n) is 6.81. The molecule has 5 heteroatoms. The van der Waals surface area contributed by atoms with E-state index in [2.05, 4.69) is 6.07 Å². The van der Waals surface area contributed by atoms with Crippen LogP contribution in [-0.2, 0) is 0 Å². The Hall–Kier alpha value is -3.00. The molecule has 2 aromatic carbocycles. The largest absolute Gasteiger partial charge is 0.486 e. The van der Waals surface area contributed by atoms with Crippen LogP contribution in [0.3, 0.4) is 0 Å². The number of carbonyl (C=O) groups excluding carboxylic acids is 1. The zero-order valence-electron chi connectivity index (χ0n) is 12.5. The predicted molar refractivity (Wildman–Crippen MR) is 84.6 cm³/mol. The molecule has 112 valence electrons. The number of benzene rings is 2. The first kappa shape index (κ1) is 15.4. The van der Waals surface area contributed by atoms with Gasteiger partial charge in [-0.3, -0.25) is 4.90 Å². The van der Waals surface area contributed by atoms with Gasteiger partial charge in [0.15, 0.2) is 0 Å². The van der Waals surface area contributed by atoms with E-state index in [1.165, 1.54) is 4.90 Å². The molecule has 0 aliphatic carbocycles. The van der Waals surface area contributed by atoms with Crippen LogP contribution in [-0.4, -0.2) is 13.1 Å². The van der Waals surface area contributed by atoms with E-state index >= 15 is 0 Å². The molecule has 5 nitrogen and oxygen atoms in total. The fourth-order valence-corrected chi connectivity index (χ4v) is 2.01. The number of amides is 2. The average molecular weight is 295 g/mol. The first-order valence-corrected chi connectivity index (χ1v) is 6.81. The van der Waals surface area contributed by atoms with Gasteiger partial charge < -0.3 is 10.5 Å². The van der Waals surface area contributed by atoms with Gasteiger partial charge in [0.25, 0.3) is 0 Å². The van der Waals surface area contributed by atoms with Gasteiger partial charge in [0.1, 0.15) is 11.9 Å². The maximum Gasteiger partial charge on any atom is 0.318 e. The molecule has 2 amide bonds. The summed E-state index contributed by atoms with van der Waals surface area (Å²) in [6.07, 6.45) is -0.187. The molecule has 1 unspecified atom stereocenters. The summed E-state index contributed by atoms with van der Waals surface area (Å²) in [6.45, 7) is 1.92. The highest BCUT2D eigenvalue weighted by atomic mass is 16.5. The Balaban J connectivity index is 2.10. The number of nitrogens with two attached hydrogens (primary N) is 1. The minimum Gasteiger partial charge on any atom is -0.486 e. The molecule has 2 rings (SSSR count). The molecule has 0 aliphatic rings. The molecule has 0 aromatic heterocycles. The Morgan fingerprint density at radius 1 is 1.27 bits per heavy atom. The lowest BCUT2D eigenvalue weighted by molar-refractivity contribution is 0.227. The number of ether oxygens (including phenoxy) is 1. The van der Waals surface area contributed by atoms with Crippen LogP contribution in [0.1, 0.15) is 24.2 Å². The number of urea groups is 1. The van der Waals surface area contributed by atoms with E-state index in [0.29, 0.717) is 17.0 Å². The lowest BCUT2D eigenvalue weighted by Crippen LogP contribution is -2.31. The summed E-state index contributed by atoms with van der Waals surface area (Å²) in [5, 5.41) is 8.93. The summed E-state index contributed by atoms with van der Waals surface area (Å²) in [7, 11) is 1.61. The SMILES string of the molecule is CC(Oc1ccc(N(C)C(N)=O)cc1)c1cccc(C#N)c1. The van der Waals surface area contributed by atoms with Gasteiger partial charge >= 0.3 is 6.03 Å². The van der Waals surface area contributed by atoms with Gasteiger partial charge in [0.05, 0.1) is 11.6 Å². The van der Waals surface area contributed by atoms with Crippen LogP contribution >= 0.6 is 0 Å². The third kappa shape index (κ3) is 3.55. The van der Waals surface area contributed by atoms with Crippen molar-refractivity contribution in [3.63, 3.8) is 0 Å². The molecule has 0 aliphatic heterocycles. The Morgan fingerprint density at radius 2 is 1.95 bits per heavy atom. The van der Waals surface area contributed by atoms with Crippen molar-refractivity contribution in [2.45, 2.75) is 13.0 Å². The lowest BCUT2D eigenvalue weighted by atomic mass is 10.1. The van der Waals surface area contributed by atoms with Crippen LogP contribution in [0.15, 0.2) is 48.5 Å². The molecule has 0 fully saturated rings. The molecule has 0 bridgehead atoms. The summed E-state index contributed by atoms with van der Waals surface area (Å²) in [5.41, 5.74) is 7.44. The Morgan fingerprint density at radius 3 is 2.55 bits per heavy atom. The van der Waals surface area contributed by atoms with Crippen molar-refractivity contribution in [1.29, 1.82) is 5.26 Å². The standard InChI is InChI=1S/C17H17N3O2/c1-12(14-5-3-4-13(10-14)11-18)22-16-8-6-15(7-9-16)20(2)17(19)21/h3-10,12H,1-2H3,(H2,19,21). The highest BCUT2D eigenvalue weighted by Gasteiger charge is 2.10. The molecule has 1 atom stereocenters. The second-order valence-corrected chi connectivity index (χ2v) is 4.89. The fraction of sp³-hybridized carbons (Fsp3) is 0.176. The van der Waals surface area contributed by atoms with E-state index in [9.17, 15) is 4.79 Å². The van der Waals surface area contributed by atoms with Crippen LogP contribution in [0.25, 0.3) is 0 Å². The number of rotatable bonds is 4. The van der Waals surface area contributed by atoms with Gasteiger partial charge in [-0.1, -0.05) is 12.1 Å². The zero-order chi connectivity index (χ0) is 16.1. The van der Waals surface area contributed by atoms with Gasteiger partial charge in [-0.05, 0) is 48.9 Å². The molecule has 0 saturated carbocycles. The quantitative estimate of drug-likeness (QED) is 0.940. The molecule has 2 aromatic rings. The smallest absolute Gasteiger partial charge is 0.318 e. The number of primary amides is 1. The van der Waals surface area contributed by atoms with Crippen molar-refractivity contribution in [2.75, 3.05) is 11.9 Å². The van der Waals surface area contributed by atoms with E-state index in [1.54, 1.807) is 43.4 Å². The van der Waals surface area contributed by atoms with Crippen LogP contribution in [0, 0.1) is 11.3 Å². The number of carbonyl (C=O) groups is 1. The molecular weight excluding hydrogens is 278 g/mol. The van der Waals surface area contributed by atoms with E-state index in [4.69, 9.17) is 15.7 Å². The maximum atomic E-state index is 11.1. The molecule has 0 heterocycles. The van der Waals surface area contributed by atoms with E-state index in [0.717, 1.165) is 5.56 Å². The van der Waals surface area contributed by atoms with Gasteiger partial charge in [-0.25, -0.2) is 4.79 Å². The second kappa shape index (κ2) is 6.64. The van der Waals surface area contributed by atoms with Crippen molar-refractivity contribution in [3.8, 4) is 11.8 Å². The third-order valence-electron chi connectivity index (χ3n) is 3.35. The van der Waals surface area contributed by atoms with E-state index in [1.807, 2.05) is 19.1 Å². The summed E-state index contributed by atoms with van der Waals surface area (Å²) in [4.78, 5) is 12.4. The first-order chi connectivity index (χ1) is 10.5. The third-order valence-corrected chi connectivity index (χ3v) is 3.35. The summed E-state index contributed by atoms with van der Waals surface area (Å²) < 4.78 is 5.85. The highest BCUT2D eigenvalue weighted by molar-refractivity contribution is 5.90. The Bertz CT molecular complexity index is 705. The molecule has 0 radical (unpaired) electrons. The molecule has 0 spiro atoms. The van der Waals surface area contributed by atoms with Gasteiger partial charge in [-0.15, -0.1) is 0 Å². The van der Waals surface area contributed by atoms with Crippen LogP contribution in [0.5, 0.6) is 5.75 Å². The number of nitrogens with zero attached hydrogens (tertiary/aromatic N) is 2. The predicted octanol–water partition coefficient (Wildman–Crippen LogP) is 3.21. The monoisotopic (exact) mass is 295 g/mol. The van der Waals surface area contributed by atoms with Gasteiger partial charge in [0.2, 0.25) is 0 Å². The lowest BCUT2D eigenvalue weighted by Gasteiger charge is -2.17. The topological polar surface area (TPSA) is 79.3 Å². The second-order valence-electron chi connectivity index (χ2n) is 4.89. The van der Waals surface area contributed by atoms with Crippen molar-refractivity contribution in [2.24, 2.45) is 5.73 Å². The van der Waals surface area contributed by atoms with Crippen molar-refractivity contribution in [1.82, 2.24) is 0 Å². The number of anilines is 1. The average Bonchev–Trinajstić information content (AvgIpc) is 2.54. The maximum absolute atomic E-state index is 11.1. The highest BCUT2D eigenvalue weighted by Crippen LogP contribution is 2.24. The fourth-order valence-electron chi connectivity index (χ4n) is 2.01. The van der Waals surface area contributed by atoms with Crippen molar-refractivity contribution in [3.05, 3.63) is 59.7 Å². The van der Waals surface area contributed by atoms with Gasteiger partial charge in [-0.2, -0.15) is 5.26 Å². The van der Waals surface area contributed by atoms with Crippen LogP contribution in [0.2, 0.25) is 0 Å². The minimum absolute atomic E-state index is 0.187. The summed E-state index contributed by atoms with van der Waals surface area (Å²) >= 11 is 0. The number of hydrogen-bond donors (Lipinski definition) is 1. The van der Waals surface area contributed by atoms with E-state index in [-0.39, 0.29) is 6.10 Å². The molecular formula is C17H17N3O2. The summed E-state index contributed by atoms with van der Waals surface area (Å²) in [5.74, 6) is 0.677. The van der Waals surface area contributed by atoms with E-state index < -0.39 is 6.03 Å². The Kier molecular flexibility index (Phi) is 4.64. The van der Waals surface area contributed by atoms with Crippen molar-refractivity contribution < 1.29 is 9.53 Å². The molecule has 0 saturated heterocycles. The minimum atomic E-state index is -0.518. The molecule has 22 heavy (non-hydrogen) atoms.